The van der Waals surface area contributed by atoms with Gasteiger partial charge in [-0.2, -0.15) is 0 Å². The third kappa shape index (κ3) is 4.69. The van der Waals surface area contributed by atoms with Crippen molar-refractivity contribution >= 4 is 0 Å². The van der Waals surface area contributed by atoms with Crippen LogP contribution >= 0.6 is 0 Å². The molecule has 0 aliphatic heterocycles. The monoisotopic (exact) mass is 249 g/mol. The molecule has 0 amide bonds. The Morgan fingerprint density at radius 2 is 1.89 bits per heavy atom. The molecule has 0 saturated heterocycles. The van der Waals surface area contributed by atoms with Crippen LogP contribution in [0.4, 0.5) is 0 Å². The summed E-state index contributed by atoms with van der Waals surface area (Å²) in [6, 6.07) is 4.48. The molecular weight excluding hydrogens is 222 g/mol. The van der Waals surface area contributed by atoms with E-state index < -0.39 is 0 Å². The van der Waals surface area contributed by atoms with Gasteiger partial charge in [-0.25, -0.2) is 0 Å². The first-order valence-electron chi connectivity index (χ1n) is 6.92. The van der Waals surface area contributed by atoms with Gasteiger partial charge in [-0.3, -0.25) is 0 Å². The van der Waals surface area contributed by atoms with Crippen molar-refractivity contribution < 1.29 is 4.74 Å². The lowest BCUT2D eigenvalue weighted by atomic mass is 10.0. The van der Waals surface area contributed by atoms with Crippen molar-refractivity contribution in [2.45, 2.75) is 40.0 Å². The van der Waals surface area contributed by atoms with Gasteiger partial charge in [-0.1, -0.05) is 24.6 Å². The molecule has 0 saturated carbocycles. The zero-order valence-electron chi connectivity index (χ0n) is 12.5. The summed E-state index contributed by atoms with van der Waals surface area (Å²) < 4.78 is 5.92. The predicted octanol–water partition coefficient (Wildman–Crippen LogP) is 3.59. The second kappa shape index (κ2) is 7.42. The molecule has 2 heteroatoms. The summed E-state index contributed by atoms with van der Waals surface area (Å²) in [5.74, 6) is 1.11. The molecule has 0 aromatic heterocycles. The van der Waals surface area contributed by atoms with Crippen molar-refractivity contribution in [1.29, 1.82) is 0 Å². The van der Waals surface area contributed by atoms with Crippen LogP contribution in [0, 0.1) is 13.8 Å². The molecule has 0 heterocycles. The topological polar surface area (TPSA) is 12.5 Å². The third-order valence-electron chi connectivity index (χ3n) is 3.00. The highest BCUT2D eigenvalue weighted by molar-refractivity contribution is 5.44. The molecule has 0 fully saturated rings. The average Bonchev–Trinajstić information content (AvgIpc) is 2.27. The first kappa shape index (κ1) is 15.0. The Bertz CT molecular complexity index is 372. The van der Waals surface area contributed by atoms with Gasteiger partial charge < -0.3 is 9.64 Å². The summed E-state index contributed by atoms with van der Waals surface area (Å²) in [6.45, 7) is 8.39. The molecule has 1 aromatic carbocycles. The van der Waals surface area contributed by atoms with Crippen molar-refractivity contribution in [3.05, 3.63) is 28.8 Å². The molecule has 1 aromatic rings. The molecule has 0 aliphatic carbocycles. The summed E-state index contributed by atoms with van der Waals surface area (Å²) in [6.07, 6.45) is 3.34. The van der Waals surface area contributed by atoms with Crippen LogP contribution in [0.1, 0.15) is 36.5 Å². The first-order chi connectivity index (χ1) is 8.54. The van der Waals surface area contributed by atoms with Gasteiger partial charge in [0.15, 0.2) is 0 Å². The van der Waals surface area contributed by atoms with Gasteiger partial charge in [-0.05, 0) is 64.9 Å². The summed E-state index contributed by atoms with van der Waals surface area (Å²) in [7, 11) is 4.24. The van der Waals surface area contributed by atoms with Crippen molar-refractivity contribution in [2.75, 3.05) is 27.2 Å². The molecule has 0 radical (unpaired) electrons. The lowest BCUT2D eigenvalue weighted by Crippen LogP contribution is -2.14. The van der Waals surface area contributed by atoms with E-state index in [2.05, 4.69) is 51.9 Å². The minimum absolute atomic E-state index is 0.810. The van der Waals surface area contributed by atoms with Crippen LogP contribution in [0.25, 0.3) is 0 Å². The fraction of sp³-hybridized carbons (Fsp3) is 0.625. The summed E-state index contributed by atoms with van der Waals surface area (Å²) in [4.78, 5) is 2.23. The number of rotatable bonds is 7. The third-order valence-corrected chi connectivity index (χ3v) is 3.00. The van der Waals surface area contributed by atoms with Gasteiger partial charge in [0.1, 0.15) is 5.75 Å². The molecular formula is C16H27NO. The molecule has 18 heavy (non-hydrogen) atoms. The SMILES string of the molecule is CCCOc1c(C)cc(C)cc1CCCN(C)C. The number of aryl methyl sites for hydroxylation is 3. The molecule has 0 spiro atoms. The second-order valence-electron chi connectivity index (χ2n) is 5.33. The molecule has 0 atom stereocenters. The summed E-state index contributed by atoms with van der Waals surface area (Å²) in [5, 5.41) is 0. The van der Waals surface area contributed by atoms with Crippen LogP contribution in [0.15, 0.2) is 12.1 Å². The van der Waals surface area contributed by atoms with E-state index in [1.165, 1.54) is 23.1 Å². The van der Waals surface area contributed by atoms with Gasteiger partial charge in [0, 0.05) is 0 Å². The number of benzene rings is 1. The van der Waals surface area contributed by atoms with E-state index in [1.807, 2.05) is 0 Å². The lowest BCUT2D eigenvalue weighted by molar-refractivity contribution is 0.311. The second-order valence-corrected chi connectivity index (χ2v) is 5.33. The highest BCUT2D eigenvalue weighted by atomic mass is 16.5. The largest absolute Gasteiger partial charge is 0.493 e. The Morgan fingerprint density at radius 3 is 2.50 bits per heavy atom. The fourth-order valence-electron chi connectivity index (χ4n) is 2.22. The van der Waals surface area contributed by atoms with Gasteiger partial charge in [-0.15, -0.1) is 0 Å². The van der Waals surface area contributed by atoms with Crippen LogP contribution in [-0.4, -0.2) is 32.1 Å². The maximum absolute atomic E-state index is 5.92. The lowest BCUT2D eigenvalue weighted by Gasteiger charge is -2.16. The van der Waals surface area contributed by atoms with Crippen LogP contribution < -0.4 is 4.74 Å². The van der Waals surface area contributed by atoms with Crippen LogP contribution in [-0.2, 0) is 6.42 Å². The quantitative estimate of drug-likeness (QED) is 0.732. The highest BCUT2D eigenvalue weighted by Gasteiger charge is 2.08. The van der Waals surface area contributed by atoms with Crippen LogP contribution in [0.5, 0.6) is 5.75 Å². The molecule has 0 unspecified atom stereocenters. The first-order valence-corrected chi connectivity index (χ1v) is 6.92. The van der Waals surface area contributed by atoms with Crippen LogP contribution in [0.3, 0.4) is 0 Å². The van der Waals surface area contributed by atoms with Crippen molar-refractivity contribution in [2.24, 2.45) is 0 Å². The Morgan fingerprint density at radius 1 is 1.17 bits per heavy atom. The Hall–Kier alpha value is -1.02. The van der Waals surface area contributed by atoms with Crippen molar-refractivity contribution in [3.63, 3.8) is 0 Å². The Balaban J connectivity index is 2.78. The van der Waals surface area contributed by atoms with Crippen molar-refractivity contribution in [3.8, 4) is 5.75 Å². The number of nitrogens with zero attached hydrogens (tertiary/aromatic N) is 1. The van der Waals surface area contributed by atoms with Gasteiger partial charge in [0.2, 0.25) is 0 Å². The fourth-order valence-corrected chi connectivity index (χ4v) is 2.22. The zero-order valence-corrected chi connectivity index (χ0v) is 12.5. The Labute approximate surface area is 112 Å². The van der Waals surface area contributed by atoms with E-state index in [4.69, 9.17) is 4.74 Å². The zero-order chi connectivity index (χ0) is 13.5. The van der Waals surface area contributed by atoms with E-state index in [9.17, 15) is 0 Å². The smallest absolute Gasteiger partial charge is 0.125 e. The molecule has 0 N–H and O–H groups in total. The average molecular weight is 249 g/mol. The minimum Gasteiger partial charge on any atom is -0.493 e. The van der Waals surface area contributed by atoms with E-state index in [1.54, 1.807) is 0 Å². The normalized spacial score (nSPS) is 11.0. The number of hydrogen-bond acceptors (Lipinski definition) is 2. The van der Waals surface area contributed by atoms with E-state index >= 15 is 0 Å². The molecule has 1 rings (SSSR count). The van der Waals surface area contributed by atoms with Crippen LogP contribution in [0.2, 0.25) is 0 Å². The standard InChI is InChI=1S/C16H27NO/c1-6-10-18-16-14(3)11-13(2)12-15(16)8-7-9-17(4)5/h11-12H,6-10H2,1-5H3. The van der Waals surface area contributed by atoms with Gasteiger partial charge >= 0.3 is 0 Å². The van der Waals surface area contributed by atoms with E-state index in [0.29, 0.717) is 0 Å². The van der Waals surface area contributed by atoms with E-state index in [0.717, 1.165) is 31.7 Å². The predicted molar refractivity (Wildman–Crippen MR) is 78.6 cm³/mol. The number of hydrogen-bond donors (Lipinski definition) is 0. The van der Waals surface area contributed by atoms with E-state index in [-0.39, 0.29) is 0 Å². The number of ether oxygens (including phenoxy) is 1. The molecule has 2 nitrogen and oxygen atoms in total. The maximum atomic E-state index is 5.92. The summed E-state index contributed by atoms with van der Waals surface area (Å²) >= 11 is 0. The molecule has 102 valence electrons. The molecule has 0 bridgehead atoms. The summed E-state index contributed by atoms with van der Waals surface area (Å²) in [5.41, 5.74) is 3.96. The van der Waals surface area contributed by atoms with Gasteiger partial charge in [0.05, 0.1) is 6.61 Å². The van der Waals surface area contributed by atoms with Crippen molar-refractivity contribution in [1.82, 2.24) is 4.90 Å². The Kier molecular flexibility index (Phi) is 6.20. The van der Waals surface area contributed by atoms with Gasteiger partial charge in [0.25, 0.3) is 0 Å². The highest BCUT2D eigenvalue weighted by Crippen LogP contribution is 2.26. The molecule has 0 aliphatic rings. The maximum Gasteiger partial charge on any atom is 0.125 e. The minimum atomic E-state index is 0.810.